The lowest BCUT2D eigenvalue weighted by molar-refractivity contribution is -0.274. The van der Waals surface area contributed by atoms with Crippen molar-refractivity contribution in [3.63, 3.8) is 0 Å². The fourth-order valence-electron chi connectivity index (χ4n) is 0.982. The van der Waals surface area contributed by atoms with Crippen LogP contribution in [0, 0.1) is 11.3 Å². The third-order valence-corrected chi connectivity index (χ3v) is 1.60. The number of ether oxygens (including phenoxy) is 1. The second-order valence-corrected chi connectivity index (χ2v) is 2.66. The number of nitriles is 1. The molecule has 0 aliphatic heterocycles. The van der Waals surface area contributed by atoms with Crippen LogP contribution in [0.4, 0.5) is 13.2 Å². The van der Waals surface area contributed by atoms with E-state index in [-0.39, 0.29) is 11.5 Å². The van der Waals surface area contributed by atoms with E-state index in [1.54, 1.807) is 6.07 Å². The van der Waals surface area contributed by atoms with Crippen LogP contribution in [0.2, 0.25) is 0 Å². The predicted molar refractivity (Wildman–Crippen MR) is 49.5 cm³/mol. The summed E-state index contributed by atoms with van der Waals surface area (Å²) in [5.41, 5.74) is 0.248. The molecule has 0 aliphatic carbocycles. The highest BCUT2D eigenvalue weighted by atomic mass is 19.4. The van der Waals surface area contributed by atoms with Crippen molar-refractivity contribution in [2.24, 2.45) is 10.9 Å². The number of halogens is 3. The Hall–Kier alpha value is -2.23. The molecular weight excluding hydrogens is 223 g/mol. The highest BCUT2D eigenvalue weighted by Gasteiger charge is 2.30. The van der Waals surface area contributed by atoms with Crippen molar-refractivity contribution < 1.29 is 17.9 Å². The molecule has 4 nitrogen and oxygen atoms in total. The lowest BCUT2D eigenvalue weighted by Crippen LogP contribution is -2.17. The minimum atomic E-state index is -4.73. The van der Waals surface area contributed by atoms with Crippen LogP contribution in [0.1, 0.15) is 5.56 Å². The van der Waals surface area contributed by atoms with Crippen molar-refractivity contribution in [1.29, 1.82) is 5.26 Å². The van der Waals surface area contributed by atoms with Crippen LogP contribution in [-0.4, -0.2) is 12.1 Å². The maximum Gasteiger partial charge on any atom is 0.573 e. The van der Waals surface area contributed by atoms with E-state index < -0.39 is 6.36 Å². The molecule has 7 heteroatoms. The smallest absolute Gasteiger partial charge is 0.406 e. The summed E-state index contributed by atoms with van der Waals surface area (Å²) in [5, 5.41) is 11.7. The Balaban J connectivity index is 2.89. The predicted octanol–water partition coefficient (Wildman–Crippen LogP) is 1.77. The van der Waals surface area contributed by atoms with Gasteiger partial charge in [0.25, 0.3) is 0 Å². The molecular formula is C9H6F3N3O. The van der Waals surface area contributed by atoms with Gasteiger partial charge < -0.3 is 10.6 Å². The van der Waals surface area contributed by atoms with Crippen LogP contribution in [0.5, 0.6) is 5.75 Å². The lowest BCUT2D eigenvalue weighted by Gasteiger charge is -2.08. The Bertz CT molecular complexity index is 431. The number of nitrogens with zero attached hydrogens (tertiary/aromatic N) is 2. The molecule has 1 rings (SSSR count). The maximum absolute atomic E-state index is 11.8. The van der Waals surface area contributed by atoms with Gasteiger partial charge in [0, 0.05) is 5.56 Å². The molecule has 1 aromatic rings. The molecule has 0 radical (unpaired) electrons. The molecule has 2 N–H and O–H groups in total. The molecule has 1 aromatic carbocycles. The van der Waals surface area contributed by atoms with Gasteiger partial charge in [-0.1, -0.05) is 0 Å². The molecule has 0 atom stereocenters. The summed E-state index contributed by atoms with van der Waals surface area (Å²) in [6.45, 7) is 0. The Morgan fingerprint density at radius 1 is 1.31 bits per heavy atom. The minimum Gasteiger partial charge on any atom is -0.406 e. The molecule has 0 unspecified atom stereocenters. The summed E-state index contributed by atoms with van der Waals surface area (Å²) in [6.07, 6.45) is -4.73. The van der Waals surface area contributed by atoms with E-state index in [1.807, 2.05) is 0 Å². The lowest BCUT2D eigenvalue weighted by atomic mass is 10.1. The van der Waals surface area contributed by atoms with Crippen molar-refractivity contribution in [2.75, 3.05) is 0 Å². The average Bonchev–Trinajstić information content (AvgIpc) is 2.20. The number of hydrogen-bond donors (Lipinski definition) is 1. The number of hydrogen-bond acceptors (Lipinski definition) is 4. The van der Waals surface area contributed by atoms with E-state index in [0.29, 0.717) is 5.56 Å². The Morgan fingerprint density at radius 2 is 1.88 bits per heavy atom. The third kappa shape index (κ3) is 3.16. The zero-order valence-electron chi connectivity index (χ0n) is 7.82. The Labute approximate surface area is 88.7 Å². The quantitative estimate of drug-likeness (QED) is 0.477. The highest BCUT2D eigenvalue weighted by molar-refractivity contribution is 6.11. The van der Waals surface area contributed by atoms with E-state index in [9.17, 15) is 13.2 Å². The zero-order valence-corrected chi connectivity index (χ0v) is 7.82. The summed E-state index contributed by atoms with van der Waals surface area (Å²) >= 11 is 0. The molecule has 0 spiro atoms. The Morgan fingerprint density at radius 3 is 2.25 bits per heavy atom. The molecule has 0 fully saturated rings. The monoisotopic (exact) mass is 229 g/mol. The summed E-state index contributed by atoms with van der Waals surface area (Å²) in [5.74, 6) is 4.54. The molecule has 0 heterocycles. The van der Waals surface area contributed by atoms with Crippen LogP contribution in [0.3, 0.4) is 0 Å². The van der Waals surface area contributed by atoms with E-state index in [0.717, 1.165) is 12.1 Å². The van der Waals surface area contributed by atoms with Gasteiger partial charge in [-0.25, -0.2) is 0 Å². The van der Waals surface area contributed by atoms with Gasteiger partial charge in [-0.3, -0.25) is 0 Å². The van der Waals surface area contributed by atoms with Crippen LogP contribution in [0.15, 0.2) is 29.4 Å². The van der Waals surface area contributed by atoms with Crippen LogP contribution in [-0.2, 0) is 0 Å². The molecule has 84 valence electrons. The standard InChI is InChI=1S/C9H6F3N3O/c10-9(11,12)16-7-3-1-6(2-4-7)8(5-13)15-14/h1-4H,14H2/b15-8+. The van der Waals surface area contributed by atoms with E-state index in [2.05, 4.69) is 9.84 Å². The second kappa shape index (κ2) is 4.53. The highest BCUT2D eigenvalue weighted by Crippen LogP contribution is 2.22. The fourth-order valence-corrected chi connectivity index (χ4v) is 0.982. The van der Waals surface area contributed by atoms with Gasteiger partial charge in [0.15, 0.2) is 5.71 Å². The molecule has 0 aromatic heterocycles. The molecule has 0 aliphatic rings. The Kier molecular flexibility index (Phi) is 3.35. The fraction of sp³-hybridized carbons (Fsp3) is 0.111. The van der Waals surface area contributed by atoms with Gasteiger partial charge in [0.1, 0.15) is 11.8 Å². The molecule has 0 bridgehead atoms. The molecule has 0 saturated carbocycles. The summed E-state index contributed by atoms with van der Waals surface area (Å²) in [7, 11) is 0. The number of nitrogens with two attached hydrogens (primary N) is 1. The summed E-state index contributed by atoms with van der Waals surface area (Å²) in [6, 6.07) is 6.37. The molecule has 0 amide bonds. The number of benzene rings is 1. The van der Waals surface area contributed by atoms with E-state index in [1.165, 1.54) is 12.1 Å². The second-order valence-electron chi connectivity index (χ2n) is 2.66. The van der Waals surface area contributed by atoms with Gasteiger partial charge in [0.05, 0.1) is 0 Å². The first-order chi connectivity index (χ1) is 7.46. The van der Waals surface area contributed by atoms with Gasteiger partial charge in [0.2, 0.25) is 0 Å². The number of rotatable bonds is 2. The van der Waals surface area contributed by atoms with Crippen LogP contribution < -0.4 is 10.6 Å². The van der Waals surface area contributed by atoms with Gasteiger partial charge in [-0.2, -0.15) is 10.4 Å². The zero-order chi connectivity index (χ0) is 12.2. The van der Waals surface area contributed by atoms with E-state index in [4.69, 9.17) is 11.1 Å². The van der Waals surface area contributed by atoms with Crippen LogP contribution >= 0.6 is 0 Å². The topological polar surface area (TPSA) is 71.4 Å². The third-order valence-electron chi connectivity index (χ3n) is 1.60. The van der Waals surface area contributed by atoms with Crippen molar-refractivity contribution in [1.82, 2.24) is 0 Å². The number of hydrazone groups is 1. The normalized spacial score (nSPS) is 12.0. The van der Waals surface area contributed by atoms with Crippen molar-refractivity contribution >= 4 is 5.71 Å². The van der Waals surface area contributed by atoms with Crippen LogP contribution in [0.25, 0.3) is 0 Å². The van der Waals surface area contributed by atoms with Crippen molar-refractivity contribution in [3.05, 3.63) is 29.8 Å². The molecule has 16 heavy (non-hydrogen) atoms. The summed E-state index contributed by atoms with van der Waals surface area (Å²) in [4.78, 5) is 0. The van der Waals surface area contributed by atoms with Crippen molar-refractivity contribution in [3.8, 4) is 11.8 Å². The first-order valence-electron chi connectivity index (χ1n) is 4.00. The first kappa shape index (κ1) is 11.8. The first-order valence-corrected chi connectivity index (χ1v) is 4.00. The van der Waals surface area contributed by atoms with E-state index >= 15 is 0 Å². The SMILES string of the molecule is N#C/C(=N\N)c1ccc(OC(F)(F)F)cc1. The van der Waals surface area contributed by atoms with Gasteiger partial charge >= 0.3 is 6.36 Å². The largest absolute Gasteiger partial charge is 0.573 e. The van der Waals surface area contributed by atoms with Gasteiger partial charge in [-0.15, -0.1) is 13.2 Å². The van der Waals surface area contributed by atoms with Crippen molar-refractivity contribution in [2.45, 2.75) is 6.36 Å². The minimum absolute atomic E-state index is 0.0708. The summed E-state index contributed by atoms with van der Waals surface area (Å²) < 4.78 is 39.1. The number of alkyl halides is 3. The average molecular weight is 229 g/mol. The maximum atomic E-state index is 11.8. The van der Waals surface area contributed by atoms with Gasteiger partial charge in [-0.05, 0) is 24.3 Å². The molecule has 0 saturated heterocycles.